The standard InChI is InChI=1S/C18H23N3O3/c1-4-24-17(22)18(2)9-6-10-21(11-18)16-13-7-5-8-14(23-3)15(13)19-12-20-16/h5,7-8,12H,4,6,9-11H2,1-3H3. The highest BCUT2D eigenvalue weighted by atomic mass is 16.5. The number of fused-ring (bicyclic) bond motifs is 1. The molecule has 2 heterocycles. The third-order valence-electron chi connectivity index (χ3n) is 4.59. The van der Waals surface area contributed by atoms with Crippen LogP contribution in [0.1, 0.15) is 26.7 Å². The van der Waals surface area contributed by atoms with Crippen LogP contribution in [0.3, 0.4) is 0 Å². The van der Waals surface area contributed by atoms with Gasteiger partial charge in [-0.15, -0.1) is 0 Å². The zero-order valence-corrected chi connectivity index (χ0v) is 14.4. The molecule has 6 heteroatoms. The maximum atomic E-state index is 12.4. The molecule has 1 aliphatic heterocycles. The van der Waals surface area contributed by atoms with Crippen molar-refractivity contribution >= 4 is 22.7 Å². The number of aromatic nitrogens is 2. The summed E-state index contributed by atoms with van der Waals surface area (Å²) in [5, 5.41) is 0.935. The second kappa shape index (κ2) is 6.63. The third kappa shape index (κ3) is 2.88. The Morgan fingerprint density at radius 2 is 2.21 bits per heavy atom. The van der Waals surface area contributed by atoms with Crippen molar-refractivity contribution in [1.82, 2.24) is 9.97 Å². The largest absolute Gasteiger partial charge is 0.494 e. The number of para-hydroxylation sites is 1. The Morgan fingerprint density at radius 1 is 1.38 bits per heavy atom. The lowest BCUT2D eigenvalue weighted by Gasteiger charge is -2.39. The van der Waals surface area contributed by atoms with E-state index in [9.17, 15) is 4.79 Å². The Labute approximate surface area is 141 Å². The molecule has 0 saturated carbocycles. The number of piperidine rings is 1. The van der Waals surface area contributed by atoms with E-state index in [-0.39, 0.29) is 5.97 Å². The summed E-state index contributed by atoms with van der Waals surface area (Å²) in [5.41, 5.74) is 0.276. The zero-order valence-electron chi connectivity index (χ0n) is 14.4. The molecule has 1 aromatic carbocycles. The van der Waals surface area contributed by atoms with Crippen molar-refractivity contribution in [2.75, 3.05) is 31.7 Å². The number of rotatable bonds is 4. The van der Waals surface area contributed by atoms with Crippen molar-refractivity contribution < 1.29 is 14.3 Å². The molecule has 0 aliphatic carbocycles. The summed E-state index contributed by atoms with van der Waals surface area (Å²) in [4.78, 5) is 23.4. The number of esters is 1. The van der Waals surface area contributed by atoms with Gasteiger partial charge in [-0.3, -0.25) is 4.79 Å². The molecule has 1 saturated heterocycles. The molecule has 1 aromatic heterocycles. The van der Waals surface area contributed by atoms with E-state index >= 15 is 0 Å². The second-order valence-corrected chi connectivity index (χ2v) is 6.36. The van der Waals surface area contributed by atoms with Crippen molar-refractivity contribution in [3.63, 3.8) is 0 Å². The Kier molecular flexibility index (Phi) is 4.55. The maximum absolute atomic E-state index is 12.4. The first-order valence-corrected chi connectivity index (χ1v) is 8.29. The van der Waals surface area contributed by atoms with Crippen LogP contribution in [0.4, 0.5) is 5.82 Å². The minimum atomic E-state index is -0.510. The average Bonchev–Trinajstić information content (AvgIpc) is 2.61. The predicted octanol–water partition coefficient (Wildman–Crippen LogP) is 2.81. The van der Waals surface area contributed by atoms with E-state index in [1.165, 1.54) is 0 Å². The smallest absolute Gasteiger partial charge is 0.313 e. The summed E-state index contributed by atoms with van der Waals surface area (Å²) in [6, 6.07) is 5.81. The fourth-order valence-corrected chi connectivity index (χ4v) is 3.36. The lowest BCUT2D eigenvalue weighted by atomic mass is 9.82. The van der Waals surface area contributed by atoms with Crippen molar-refractivity contribution in [2.45, 2.75) is 26.7 Å². The van der Waals surface area contributed by atoms with Crippen molar-refractivity contribution in [3.05, 3.63) is 24.5 Å². The molecule has 0 spiro atoms. The van der Waals surface area contributed by atoms with Crippen LogP contribution in [-0.2, 0) is 9.53 Å². The molecule has 0 N–H and O–H groups in total. The molecule has 24 heavy (non-hydrogen) atoms. The van der Waals surface area contributed by atoms with Gasteiger partial charge in [-0.05, 0) is 38.8 Å². The van der Waals surface area contributed by atoms with Crippen LogP contribution >= 0.6 is 0 Å². The Balaban J connectivity index is 1.97. The first-order valence-electron chi connectivity index (χ1n) is 8.29. The minimum Gasteiger partial charge on any atom is -0.494 e. The zero-order chi connectivity index (χ0) is 17.2. The molecule has 0 radical (unpaired) electrons. The van der Waals surface area contributed by atoms with Gasteiger partial charge in [0.1, 0.15) is 23.4 Å². The summed E-state index contributed by atoms with van der Waals surface area (Å²) in [5.74, 6) is 1.43. The van der Waals surface area contributed by atoms with Gasteiger partial charge in [-0.2, -0.15) is 0 Å². The summed E-state index contributed by atoms with van der Waals surface area (Å²) in [6.07, 6.45) is 3.30. The number of anilines is 1. The van der Waals surface area contributed by atoms with E-state index in [0.29, 0.717) is 13.2 Å². The van der Waals surface area contributed by atoms with E-state index in [0.717, 1.165) is 41.9 Å². The molecule has 1 fully saturated rings. The molecule has 0 amide bonds. The predicted molar refractivity (Wildman–Crippen MR) is 92.3 cm³/mol. The van der Waals surface area contributed by atoms with Gasteiger partial charge in [0.15, 0.2) is 0 Å². The summed E-state index contributed by atoms with van der Waals surface area (Å²) >= 11 is 0. The number of nitrogens with zero attached hydrogens (tertiary/aromatic N) is 3. The van der Waals surface area contributed by atoms with Crippen LogP contribution < -0.4 is 9.64 Å². The van der Waals surface area contributed by atoms with Gasteiger partial charge in [-0.1, -0.05) is 6.07 Å². The van der Waals surface area contributed by atoms with Gasteiger partial charge < -0.3 is 14.4 Å². The van der Waals surface area contributed by atoms with Crippen LogP contribution in [0, 0.1) is 5.41 Å². The number of carbonyl (C=O) groups is 1. The van der Waals surface area contributed by atoms with Crippen LogP contribution in [-0.4, -0.2) is 42.7 Å². The van der Waals surface area contributed by atoms with Crippen molar-refractivity contribution in [3.8, 4) is 5.75 Å². The lowest BCUT2D eigenvalue weighted by molar-refractivity contribution is -0.154. The van der Waals surface area contributed by atoms with Gasteiger partial charge >= 0.3 is 5.97 Å². The van der Waals surface area contributed by atoms with Crippen LogP contribution in [0.15, 0.2) is 24.5 Å². The molecule has 2 aromatic rings. The number of carbonyl (C=O) groups excluding carboxylic acids is 1. The minimum absolute atomic E-state index is 0.134. The molecular weight excluding hydrogens is 306 g/mol. The van der Waals surface area contributed by atoms with Gasteiger partial charge in [0.25, 0.3) is 0 Å². The normalized spacial score (nSPS) is 20.9. The Hall–Kier alpha value is -2.37. The van der Waals surface area contributed by atoms with E-state index in [2.05, 4.69) is 14.9 Å². The molecule has 6 nitrogen and oxygen atoms in total. The number of hydrogen-bond donors (Lipinski definition) is 0. The molecule has 1 atom stereocenters. The number of benzene rings is 1. The van der Waals surface area contributed by atoms with Crippen molar-refractivity contribution in [1.29, 1.82) is 0 Å². The third-order valence-corrected chi connectivity index (χ3v) is 4.59. The Bertz CT molecular complexity index is 749. The maximum Gasteiger partial charge on any atom is 0.313 e. The average molecular weight is 329 g/mol. The molecule has 3 rings (SSSR count). The summed E-state index contributed by atoms with van der Waals surface area (Å²) in [7, 11) is 1.63. The highest BCUT2D eigenvalue weighted by molar-refractivity contribution is 5.93. The quantitative estimate of drug-likeness (QED) is 0.804. The highest BCUT2D eigenvalue weighted by Crippen LogP contribution is 2.36. The highest BCUT2D eigenvalue weighted by Gasteiger charge is 2.40. The summed E-state index contributed by atoms with van der Waals surface area (Å²) < 4.78 is 10.7. The Morgan fingerprint density at radius 3 is 2.96 bits per heavy atom. The van der Waals surface area contributed by atoms with Gasteiger partial charge in [0.2, 0.25) is 0 Å². The van der Waals surface area contributed by atoms with E-state index in [4.69, 9.17) is 9.47 Å². The first kappa shape index (κ1) is 16.5. The van der Waals surface area contributed by atoms with E-state index in [1.54, 1.807) is 13.4 Å². The summed E-state index contributed by atoms with van der Waals surface area (Å²) in [6.45, 7) is 5.67. The molecular formula is C18H23N3O3. The van der Waals surface area contributed by atoms with Crippen LogP contribution in [0.25, 0.3) is 10.9 Å². The van der Waals surface area contributed by atoms with Gasteiger partial charge in [0.05, 0.1) is 19.1 Å². The second-order valence-electron chi connectivity index (χ2n) is 6.36. The lowest BCUT2D eigenvalue weighted by Crippen LogP contribution is -2.47. The van der Waals surface area contributed by atoms with Gasteiger partial charge in [0, 0.05) is 18.5 Å². The van der Waals surface area contributed by atoms with Crippen molar-refractivity contribution in [2.24, 2.45) is 5.41 Å². The monoisotopic (exact) mass is 329 g/mol. The topological polar surface area (TPSA) is 64.5 Å². The van der Waals surface area contributed by atoms with Crippen LogP contribution in [0.2, 0.25) is 0 Å². The van der Waals surface area contributed by atoms with Crippen LogP contribution in [0.5, 0.6) is 5.75 Å². The number of hydrogen-bond acceptors (Lipinski definition) is 6. The molecule has 1 aliphatic rings. The fraction of sp³-hybridized carbons (Fsp3) is 0.500. The number of ether oxygens (including phenoxy) is 2. The molecule has 0 bridgehead atoms. The molecule has 1 unspecified atom stereocenters. The van der Waals surface area contributed by atoms with E-state index in [1.807, 2.05) is 32.0 Å². The first-order chi connectivity index (χ1) is 11.6. The fourth-order valence-electron chi connectivity index (χ4n) is 3.36. The molecule has 128 valence electrons. The van der Waals surface area contributed by atoms with Gasteiger partial charge in [-0.25, -0.2) is 9.97 Å². The SMILES string of the molecule is CCOC(=O)C1(C)CCCN(c2ncnc3c(OC)cccc23)C1. The number of methoxy groups -OCH3 is 1. The van der Waals surface area contributed by atoms with E-state index < -0.39 is 5.41 Å².